The number of aryl methyl sites for hydroxylation is 1. The molecule has 7 heteroatoms. The predicted molar refractivity (Wildman–Crippen MR) is 97.3 cm³/mol. The molecule has 0 saturated carbocycles. The van der Waals surface area contributed by atoms with Crippen LogP contribution in [0.25, 0.3) is 0 Å². The lowest BCUT2D eigenvalue weighted by atomic mass is 9.97. The second-order valence-corrected chi connectivity index (χ2v) is 7.00. The number of aromatic amines is 1. The normalized spacial score (nSPS) is 17.5. The topological polar surface area (TPSA) is 52.2 Å². The van der Waals surface area contributed by atoms with Gasteiger partial charge < -0.3 is 9.80 Å². The van der Waals surface area contributed by atoms with Crippen molar-refractivity contribution in [2.75, 3.05) is 36.0 Å². The average Bonchev–Trinajstić information content (AvgIpc) is 2.62. The first kappa shape index (κ1) is 16.4. The van der Waals surface area contributed by atoms with Crippen molar-refractivity contribution < 1.29 is 4.39 Å². The molecule has 1 N–H and O–H groups in total. The summed E-state index contributed by atoms with van der Waals surface area (Å²) in [5, 5.41) is 0.425. The van der Waals surface area contributed by atoms with Gasteiger partial charge in [-0.15, -0.1) is 0 Å². The van der Waals surface area contributed by atoms with Crippen molar-refractivity contribution in [2.24, 2.45) is 0 Å². The van der Waals surface area contributed by atoms with E-state index in [1.165, 1.54) is 12.1 Å². The van der Waals surface area contributed by atoms with Crippen molar-refractivity contribution in [1.29, 1.82) is 0 Å². The van der Waals surface area contributed by atoms with Gasteiger partial charge in [0.15, 0.2) is 0 Å². The summed E-state index contributed by atoms with van der Waals surface area (Å²) in [4.78, 5) is 24.2. The van der Waals surface area contributed by atoms with E-state index in [9.17, 15) is 9.18 Å². The molecule has 25 heavy (non-hydrogen) atoms. The number of aromatic nitrogens is 2. The van der Waals surface area contributed by atoms with Crippen molar-refractivity contribution in [1.82, 2.24) is 9.97 Å². The number of anilines is 2. The van der Waals surface area contributed by atoms with Gasteiger partial charge in [-0.1, -0.05) is 11.6 Å². The van der Waals surface area contributed by atoms with Crippen LogP contribution in [0.4, 0.5) is 16.0 Å². The third-order valence-corrected chi connectivity index (χ3v) is 5.31. The number of fused-ring (bicyclic) bond motifs is 1. The zero-order chi connectivity index (χ0) is 17.4. The van der Waals surface area contributed by atoms with E-state index in [0.717, 1.165) is 68.8 Å². The highest BCUT2D eigenvalue weighted by molar-refractivity contribution is 6.33. The summed E-state index contributed by atoms with van der Waals surface area (Å²) in [6.07, 6.45) is 3.88. The van der Waals surface area contributed by atoms with Crippen LogP contribution in [0.5, 0.6) is 0 Å². The van der Waals surface area contributed by atoms with Gasteiger partial charge in [0.1, 0.15) is 5.82 Å². The maximum Gasteiger partial charge on any atom is 0.255 e. The summed E-state index contributed by atoms with van der Waals surface area (Å²) in [6.45, 7) is 2.95. The average molecular weight is 363 g/mol. The van der Waals surface area contributed by atoms with Crippen molar-refractivity contribution in [2.45, 2.75) is 25.7 Å². The maximum atomic E-state index is 13.2. The Labute approximate surface area is 150 Å². The maximum absolute atomic E-state index is 13.2. The number of rotatable bonds is 2. The zero-order valence-electron chi connectivity index (χ0n) is 13.9. The number of benzene rings is 1. The highest BCUT2D eigenvalue weighted by atomic mass is 35.5. The molecule has 0 radical (unpaired) electrons. The van der Waals surface area contributed by atoms with Gasteiger partial charge in [0, 0.05) is 31.7 Å². The van der Waals surface area contributed by atoms with Crippen molar-refractivity contribution in [3.8, 4) is 0 Å². The molecular weight excluding hydrogens is 343 g/mol. The van der Waals surface area contributed by atoms with E-state index in [1.807, 2.05) is 0 Å². The Morgan fingerprint density at radius 2 is 1.80 bits per heavy atom. The predicted octanol–water partition coefficient (Wildman–Crippen LogP) is 2.77. The summed E-state index contributed by atoms with van der Waals surface area (Å²) in [6, 6.07) is 4.48. The second-order valence-electron chi connectivity index (χ2n) is 6.59. The first-order chi connectivity index (χ1) is 12.1. The van der Waals surface area contributed by atoms with Crippen molar-refractivity contribution >= 4 is 23.2 Å². The molecule has 1 aromatic heterocycles. The van der Waals surface area contributed by atoms with Crippen molar-refractivity contribution in [3.63, 3.8) is 0 Å². The number of nitrogens with zero attached hydrogens (tertiary/aromatic N) is 3. The van der Waals surface area contributed by atoms with Crippen LogP contribution in [-0.2, 0) is 12.8 Å². The molecule has 2 heterocycles. The smallest absolute Gasteiger partial charge is 0.255 e. The van der Waals surface area contributed by atoms with E-state index in [1.54, 1.807) is 6.07 Å². The molecule has 0 spiro atoms. The third kappa shape index (κ3) is 3.23. The molecule has 2 aromatic rings. The SMILES string of the molecule is O=c1[nH]c(N2CCN(c3ccc(F)cc3Cl)CC2)nc2c1CCCC2. The van der Waals surface area contributed by atoms with Gasteiger partial charge in [-0.05, 0) is 43.9 Å². The molecule has 0 bridgehead atoms. The van der Waals surface area contributed by atoms with Gasteiger partial charge in [-0.25, -0.2) is 9.37 Å². The lowest BCUT2D eigenvalue weighted by Crippen LogP contribution is -2.47. The molecule has 2 aliphatic rings. The van der Waals surface area contributed by atoms with Gasteiger partial charge in [0.2, 0.25) is 5.95 Å². The van der Waals surface area contributed by atoms with Crippen LogP contribution in [0.1, 0.15) is 24.1 Å². The molecule has 1 aliphatic carbocycles. The fourth-order valence-electron chi connectivity index (χ4n) is 3.64. The summed E-state index contributed by atoms with van der Waals surface area (Å²) in [5.41, 5.74) is 2.65. The molecular formula is C18H20ClFN4O. The molecule has 5 nitrogen and oxygen atoms in total. The van der Waals surface area contributed by atoms with Gasteiger partial charge in [0.25, 0.3) is 5.56 Å². The summed E-state index contributed by atoms with van der Waals surface area (Å²) < 4.78 is 13.2. The summed E-state index contributed by atoms with van der Waals surface area (Å²) in [5.74, 6) is 0.332. The Balaban J connectivity index is 1.50. The van der Waals surface area contributed by atoms with Gasteiger partial charge in [0.05, 0.1) is 16.4 Å². The minimum atomic E-state index is -0.330. The van der Waals surface area contributed by atoms with E-state index in [4.69, 9.17) is 16.6 Å². The van der Waals surface area contributed by atoms with Crippen molar-refractivity contribution in [3.05, 3.63) is 50.7 Å². The number of halogens is 2. The number of piperazine rings is 1. The van der Waals surface area contributed by atoms with Crippen LogP contribution < -0.4 is 15.4 Å². The van der Waals surface area contributed by atoms with Gasteiger partial charge in [-0.2, -0.15) is 0 Å². The van der Waals surface area contributed by atoms with E-state index >= 15 is 0 Å². The van der Waals surface area contributed by atoms with E-state index in [0.29, 0.717) is 11.0 Å². The monoisotopic (exact) mass is 362 g/mol. The molecule has 0 amide bonds. The van der Waals surface area contributed by atoms with Gasteiger partial charge >= 0.3 is 0 Å². The van der Waals surface area contributed by atoms with Crippen LogP contribution in [-0.4, -0.2) is 36.1 Å². The number of H-pyrrole nitrogens is 1. The Morgan fingerprint density at radius 1 is 1.08 bits per heavy atom. The van der Waals surface area contributed by atoms with Crippen LogP contribution in [0.3, 0.4) is 0 Å². The lowest BCUT2D eigenvalue weighted by molar-refractivity contribution is 0.616. The van der Waals surface area contributed by atoms with Crippen LogP contribution in [0, 0.1) is 5.82 Å². The lowest BCUT2D eigenvalue weighted by Gasteiger charge is -2.37. The standard InChI is InChI=1S/C18H20ClFN4O/c19-14-11-12(20)5-6-16(14)23-7-9-24(10-8-23)18-21-15-4-2-1-3-13(15)17(25)22-18/h5-6,11H,1-4,7-10H2,(H,21,22,25). The summed E-state index contributed by atoms with van der Waals surface area (Å²) in [7, 11) is 0. The quantitative estimate of drug-likeness (QED) is 0.892. The number of hydrogen-bond acceptors (Lipinski definition) is 4. The Kier molecular flexibility index (Phi) is 4.37. The highest BCUT2D eigenvalue weighted by Crippen LogP contribution is 2.28. The summed E-state index contributed by atoms with van der Waals surface area (Å²) >= 11 is 6.16. The molecule has 132 valence electrons. The first-order valence-corrected chi connectivity index (χ1v) is 9.06. The van der Waals surface area contributed by atoms with Crippen LogP contribution >= 0.6 is 11.6 Å². The van der Waals surface area contributed by atoms with Crippen LogP contribution in [0.15, 0.2) is 23.0 Å². The molecule has 4 rings (SSSR count). The largest absolute Gasteiger partial charge is 0.367 e. The molecule has 1 saturated heterocycles. The molecule has 1 fully saturated rings. The fraction of sp³-hybridized carbons (Fsp3) is 0.444. The Hall–Kier alpha value is -2.08. The van der Waals surface area contributed by atoms with E-state index in [-0.39, 0.29) is 11.4 Å². The molecule has 1 aliphatic heterocycles. The molecule has 0 unspecified atom stereocenters. The Morgan fingerprint density at radius 3 is 2.56 bits per heavy atom. The molecule has 1 aromatic carbocycles. The Bertz CT molecular complexity index is 845. The number of nitrogens with one attached hydrogen (secondary N) is 1. The van der Waals surface area contributed by atoms with E-state index in [2.05, 4.69) is 14.8 Å². The highest BCUT2D eigenvalue weighted by Gasteiger charge is 2.23. The van der Waals surface area contributed by atoms with Crippen LogP contribution in [0.2, 0.25) is 5.02 Å². The second kappa shape index (κ2) is 6.67. The zero-order valence-corrected chi connectivity index (χ0v) is 14.7. The van der Waals surface area contributed by atoms with E-state index < -0.39 is 0 Å². The number of hydrogen-bond donors (Lipinski definition) is 1. The third-order valence-electron chi connectivity index (χ3n) is 5.01. The van der Waals surface area contributed by atoms with Gasteiger partial charge in [-0.3, -0.25) is 9.78 Å². The minimum absolute atomic E-state index is 0.00343. The fourth-order valence-corrected chi connectivity index (χ4v) is 3.92. The minimum Gasteiger partial charge on any atom is -0.367 e. The first-order valence-electron chi connectivity index (χ1n) is 8.69. The molecule has 0 atom stereocenters.